The quantitative estimate of drug-likeness (QED) is 0.766. The van der Waals surface area contributed by atoms with Gasteiger partial charge in [-0.05, 0) is 32.7 Å². The maximum atomic E-state index is 9.53. The SMILES string of the molecule is CC1CCCCN1CC1(CO)CCOC1. The summed E-state index contributed by atoms with van der Waals surface area (Å²) in [6.45, 7) is 6.36. The molecule has 2 unspecified atom stereocenters. The Hall–Kier alpha value is -0.120. The molecule has 1 N–H and O–H groups in total. The van der Waals surface area contributed by atoms with Crippen molar-refractivity contribution in [1.82, 2.24) is 4.90 Å². The normalized spacial score (nSPS) is 38.4. The summed E-state index contributed by atoms with van der Waals surface area (Å²) in [5.41, 5.74) is 0.0333. The van der Waals surface area contributed by atoms with Crippen molar-refractivity contribution in [2.45, 2.75) is 38.6 Å². The Morgan fingerprint density at radius 3 is 2.93 bits per heavy atom. The van der Waals surface area contributed by atoms with E-state index in [1.807, 2.05) is 0 Å². The highest BCUT2D eigenvalue weighted by atomic mass is 16.5. The minimum Gasteiger partial charge on any atom is -0.396 e. The molecule has 2 aliphatic rings. The highest BCUT2D eigenvalue weighted by Crippen LogP contribution is 2.31. The highest BCUT2D eigenvalue weighted by molar-refractivity contribution is 4.88. The first-order chi connectivity index (χ1) is 7.26. The van der Waals surface area contributed by atoms with Crippen LogP contribution in [0.5, 0.6) is 0 Å². The molecule has 0 aromatic heterocycles. The summed E-state index contributed by atoms with van der Waals surface area (Å²) in [6.07, 6.45) is 5.00. The predicted molar refractivity (Wildman–Crippen MR) is 59.8 cm³/mol. The zero-order chi connectivity index (χ0) is 10.7. The molecule has 15 heavy (non-hydrogen) atoms. The molecule has 2 heterocycles. The van der Waals surface area contributed by atoms with Crippen LogP contribution < -0.4 is 0 Å². The molecule has 0 spiro atoms. The van der Waals surface area contributed by atoms with Gasteiger partial charge in [0, 0.05) is 24.6 Å². The van der Waals surface area contributed by atoms with Crippen molar-refractivity contribution in [1.29, 1.82) is 0 Å². The van der Waals surface area contributed by atoms with Crippen LogP contribution in [0.15, 0.2) is 0 Å². The molecule has 0 aliphatic carbocycles. The topological polar surface area (TPSA) is 32.7 Å². The lowest BCUT2D eigenvalue weighted by Crippen LogP contribution is -2.46. The Balaban J connectivity index is 1.93. The van der Waals surface area contributed by atoms with Gasteiger partial charge in [-0.25, -0.2) is 0 Å². The molecule has 88 valence electrons. The summed E-state index contributed by atoms with van der Waals surface area (Å²) in [6, 6.07) is 0.683. The van der Waals surface area contributed by atoms with E-state index in [9.17, 15) is 5.11 Å². The predicted octanol–water partition coefficient (Wildman–Crippen LogP) is 1.26. The summed E-state index contributed by atoms with van der Waals surface area (Å²) in [4.78, 5) is 2.54. The fourth-order valence-electron chi connectivity index (χ4n) is 2.77. The lowest BCUT2D eigenvalue weighted by Gasteiger charge is -2.39. The van der Waals surface area contributed by atoms with Gasteiger partial charge in [0.15, 0.2) is 0 Å². The minimum atomic E-state index is 0.0333. The van der Waals surface area contributed by atoms with Crippen molar-refractivity contribution in [2.75, 3.05) is 32.9 Å². The maximum absolute atomic E-state index is 9.53. The van der Waals surface area contributed by atoms with Crippen LogP contribution in [-0.4, -0.2) is 49.0 Å². The van der Waals surface area contributed by atoms with Crippen LogP contribution in [0.3, 0.4) is 0 Å². The van der Waals surface area contributed by atoms with Crippen molar-refractivity contribution < 1.29 is 9.84 Å². The van der Waals surface area contributed by atoms with Gasteiger partial charge < -0.3 is 9.84 Å². The first kappa shape index (κ1) is 11.4. The Morgan fingerprint density at radius 2 is 2.33 bits per heavy atom. The maximum Gasteiger partial charge on any atom is 0.0557 e. The highest BCUT2D eigenvalue weighted by Gasteiger charge is 2.37. The summed E-state index contributed by atoms with van der Waals surface area (Å²) >= 11 is 0. The van der Waals surface area contributed by atoms with E-state index in [0.29, 0.717) is 6.04 Å². The van der Waals surface area contributed by atoms with Crippen molar-refractivity contribution in [2.24, 2.45) is 5.41 Å². The smallest absolute Gasteiger partial charge is 0.0557 e. The Labute approximate surface area is 92.4 Å². The fraction of sp³-hybridized carbons (Fsp3) is 1.00. The van der Waals surface area contributed by atoms with E-state index in [1.165, 1.54) is 25.8 Å². The molecule has 3 heteroatoms. The van der Waals surface area contributed by atoms with E-state index in [2.05, 4.69) is 11.8 Å². The molecule has 2 aliphatic heterocycles. The van der Waals surface area contributed by atoms with Gasteiger partial charge in [0.1, 0.15) is 0 Å². The molecule has 2 fully saturated rings. The zero-order valence-corrected chi connectivity index (χ0v) is 9.74. The number of aliphatic hydroxyl groups excluding tert-OH is 1. The number of piperidine rings is 1. The molecular formula is C12H23NO2. The lowest BCUT2D eigenvalue weighted by molar-refractivity contribution is 0.0333. The Bertz CT molecular complexity index is 202. The fourth-order valence-corrected chi connectivity index (χ4v) is 2.77. The summed E-state index contributed by atoms with van der Waals surface area (Å²) in [7, 11) is 0. The van der Waals surface area contributed by atoms with Gasteiger partial charge in [0.25, 0.3) is 0 Å². The van der Waals surface area contributed by atoms with Gasteiger partial charge in [-0.2, -0.15) is 0 Å². The average Bonchev–Trinajstić information content (AvgIpc) is 2.71. The van der Waals surface area contributed by atoms with E-state index in [4.69, 9.17) is 4.74 Å². The summed E-state index contributed by atoms with van der Waals surface area (Å²) in [5.74, 6) is 0. The second-order valence-electron chi connectivity index (χ2n) is 5.28. The third kappa shape index (κ3) is 2.52. The van der Waals surface area contributed by atoms with E-state index >= 15 is 0 Å². The van der Waals surface area contributed by atoms with E-state index in [0.717, 1.165) is 26.2 Å². The summed E-state index contributed by atoms with van der Waals surface area (Å²) < 4.78 is 5.44. The van der Waals surface area contributed by atoms with E-state index in [-0.39, 0.29) is 12.0 Å². The largest absolute Gasteiger partial charge is 0.396 e. The third-order valence-corrected chi connectivity index (χ3v) is 4.00. The molecule has 0 radical (unpaired) electrons. The van der Waals surface area contributed by atoms with E-state index in [1.54, 1.807) is 0 Å². The van der Waals surface area contributed by atoms with Crippen LogP contribution in [0.25, 0.3) is 0 Å². The van der Waals surface area contributed by atoms with Crippen molar-refractivity contribution in [3.63, 3.8) is 0 Å². The van der Waals surface area contributed by atoms with Crippen molar-refractivity contribution in [3.8, 4) is 0 Å². The van der Waals surface area contributed by atoms with Gasteiger partial charge >= 0.3 is 0 Å². The average molecular weight is 213 g/mol. The van der Waals surface area contributed by atoms with Crippen LogP contribution in [-0.2, 0) is 4.74 Å². The standard InChI is InChI=1S/C12H23NO2/c1-11-4-2-3-6-13(11)8-12(9-14)5-7-15-10-12/h11,14H,2-10H2,1H3. The number of ether oxygens (including phenoxy) is 1. The lowest BCUT2D eigenvalue weighted by atomic mass is 9.86. The Kier molecular flexibility index (Phi) is 3.65. The molecule has 0 saturated carbocycles. The van der Waals surface area contributed by atoms with Crippen molar-refractivity contribution >= 4 is 0 Å². The number of aliphatic hydroxyl groups is 1. The zero-order valence-electron chi connectivity index (χ0n) is 9.74. The number of nitrogens with zero attached hydrogens (tertiary/aromatic N) is 1. The Morgan fingerprint density at radius 1 is 1.47 bits per heavy atom. The molecule has 0 aromatic rings. The third-order valence-electron chi connectivity index (χ3n) is 4.00. The van der Waals surface area contributed by atoms with Crippen LogP contribution in [0.1, 0.15) is 32.6 Å². The van der Waals surface area contributed by atoms with Gasteiger partial charge in [-0.3, -0.25) is 4.90 Å². The van der Waals surface area contributed by atoms with Gasteiger partial charge in [-0.15, -0.1) is 0 Å². The molecule has 3 nitrogen and oxygen atoms in total. The molecular weight excluding hydrogens is 190 g/mol. The van der Waals surface area contributed by atoms with Crippen LogP contribution in [0.4, 0.5) is 0 Å². The first-order valence-corrected chi connectivity index (χ1v) is 6.18. The number of rotatable bonds is 3. The van der Waals surface area contributed by atoms with Crippen molar-refractivity contribution in [3.05, 3.63) is 0 Å². The van der Waals surface area contributed by atoms with Crippen LogP contribution in [0.2, 0.25) is 0 Å². The number of hydrogen-bond acceptors (Lipinski definition) is 3. The molecule has 2 rings (SSSR count). The first-order valence-electron chi connectivity index (χ1n) is 6.18. The van der Waals surface area contributed by atoms with E-state index < -0.39 is 0 Å². The molecule has 0 bridgehead atoms. The molecule has 0 aromatic carbocycles. The molecule has 0 amide bonds. The molecule has 2 atom stereocenters. The monoisotopic (exact) mass is 213 g/mol. The second-order valence-corrected chi connectivity index (χ2v) is 5.28. The van der Waals surface area contributed by atoms with Gasteiger partial charge in [0.2, 0.25) is 0 Å². The number of hydrogen-bond donors (Lipinski definition) is 1. The summed E-state index contributed by atoms with van der Waals surface area (Å²) in [5, 5.41) is 9.53. The van der Waals surface area contributed by atoms with Crippen LogP contribution >= 0.6 is 0 Å². The number of likely N-dealkylation sites (tertiary alicyclic amines) is 1. The molecule has 2 saturated heterocycles. The van der Waals surface area contributed by atoms with Crippen LogP contribution in [0, 0.1) is 5.41 Å². The van der Waals surface area contributed by atoms with Gasteiger partial charge in [0.05, 0.1) is 13.2 Å². The minimum absolute atomic E-state index is 0.0333. The van der Waals surface area contributed by atoms with Gasteiger partial charge in [-0.1, -0.05) is 6.42 Å². The second kappa shape index (κ2) is 4.81.